The van der Waals surface area contributed by atoms with Crippen molar-refractivity contribution in [3.63, 3.8) is 0 Å². The first kappa shape index (κ1) is 17.7. The lowest BCUT2D eigenvalue weighted by Gasteiger charge is -2.10. The Morgan fingerprint density at radius 3 is 2.44 bits per heavy atom. The summed E-state index contributed by atoms with van der Waals surface area (Å²) in [5.74, 6) is 0. The van der Waals surface area contributed by atoms with Gasteiger partial charge in [0.05, 0.1) is 12.9 Å². The first-order valence-electron chi connectivity index (χ1n) is 8.47. The van der Waals surface area contributed by atoms with Crippen LogP contribution < -0.4 is 11.2 Å². The molecule has 0 aliphatic carbocycles. The summed E-state index contributed by atoms with van der Waals surface area (Å²) in [4.78, 5) is 30.2. The van der Waals surface area contributed by atoms with Crippen molar-refractivity contribution < 1.29 is 0 Å². The molecule has 7 heteroatoms. The van der Waals surface area contributed by atoms with E-state index in [1.165, 1.54) is 9.13 Å². The van der Waals surface area contributed by atoms with Crippen molar-refractivity contribution in [1.29, 1.82) is 0 Å². The zero-order chi connectivity index (χ0) is 19.0. The summed E-state index contributed by atoms with van der Waals surface area (Å²) < 4.78 is 5.57. The molecule has 4 aromatic rings. The van der Waals surface area contributed by atoms with Gasteiger partial charge in [0.25, 0.3) is 5.56 Å². The first-order chi connectivity index (χ1) is 13.0. The Hall–Kier alpha value is -2.68. The van der Waals surface area contributed by atoms with Gasteiger partial charge in [-0.1, -0.05) is 42.5 Å². The average Bonchev–Trinajstić information content (AvgIpc) is 3.08. The fraction of sp³-hybridized carbons (Fsp3) is 0.150. The van der Waals surface area contributed by atoms with Crippen LogP contribution in [0.3, 0.4) is 0 Å². The number of imidazole rings is 1. The molecule has 0 atom stereocenters. The van der Waals surface area contributed by atoms with E-state index in [2.05, 4.69) is 27.6 Å². The van der Waals surface area contributed by atoms with Crippen LogP contribution in [0.2, 0.25) is 0 Å². The number of nitrogens with zero attached hydrogens (tertiary/aromatic N) is 4. The summed E-state index contributed by atoms with van der Waals surface area (Å²) >= 11 is 2.22. The third kappa shape index (κ3) is 3.34. The second kappa shape index (κ2) is 7.15. The molecule has 0 N–H and O–H groups in total. The summed E-state index contributed by atoms with van der Waals surface area (Å²) in [7, 11) is 1.65. The van der Waals surface area contributed by atoms with E-state index in [0.717, 1.165) is 14.7 Å². The third-order valence-corrected chi connectivity index (χ3v) is 5.20. The molecule has 0 bridgehead atoms. The number of aryl methyl sites for hydroxylation is 1. The Labute approximate surface area is 168 Å². The Balaban J connectivity index is 1.86. The number of fused-ring (bicyclic) bond motifs is 1. The topological polar surface area (TPSA) is 61.8 Å². The maximum absolute atomic E-state index is 13.1. The number of hydrogen-bond acceptors (Lipinski definition) is 3. The molecule has 2 aromatic heterocycles. The van der Waals surface area contributed by atoms with E-state index < -0.39 is 0 Å². The van der Waals surface area contributed by atoms with Gasteiger partial charge in [-0.3, -0.25) is 13.9 Å². The van der Waals surface area contributed by atoms with E-state index in [-0.39, 0.29) is 17.8 Å². The predicted molar refractivity (Wildman–Crippen MR) is 113 cm³/mol. The maximum atomic E-state index is 13.1. The largest absolute Gasteiger partial charge is 0.332 e. The van der Waals surface area contributed by atoms with Crippen LogP contribution in [0.25, 0.3) is 11.2 Å². The first-order valence-corrected chi connectivity index (χ1v) is 9.55. The summed E-state index contributed by atoms with van der Waals surface area (Å²) in [5, 5.41) is 0. The standard InChI is InChI=1S/C20H17IN4O2/c1-23-18-17(24(13-22-18)11-14-6-3-2-4-7-14)19(26)25(20(23)27)12-15-8-5-9-16(21)10-15/h2-10,13H,11-12H2,1H3. The molecule has 136 valence electrons. The summed E-state index contributed by atoms with van der Waals surface area (Å²) in [5.41, 5.74) is 2.13. The quantitative estimate of drug-likeness (QED) is 0.429. The van der Waals surface area contributed by atoms with Crippen molar-refractivity contribution in [3.05, 3.63) is 96.5 Å². The van der Waals surface area contributed by atoms with Gasteiger partial charge in [0, 0.05) is 17.2 Å². The molecule has 0 aliphatic rings. The Kier molecular flexibility index (Phi) is 4.69. The van der Waals surface area contributed by atoms with Gasteiger partial charge in [0.15, 0.2) is 11.2 Å². The highest BCUT2D eigenvalue weighted by Crippen LogP contribution is 2.11. The Morgan fingerprint density at radius 2 is 1.70 bits per heavy atom. The van der Waals surface area contributed by atoms with E-state index in [9.17, 15) is 9.59 Å². The van der Waals surface area contributed by atoms with Crippen LogP contribution in [-0.4, -0.2) is 18.7 Å². The minimum atomic E-state index is -0.365. The van der Waals surface area contributed by atoms with Crippen molar-refractivity contribution in [3.8, 4) is 0 Å². The van der Waals surface area contributed by atoms with Crippen LogP contribution in [0.4, 0.5) is 0 Å². The molecular formula is C20H17IN4O2. The molecule has 0 amide bonds. The highest BCUT2D eigenvalue weighted by Gasteiger charge is 2.16. The molecule has 0 unspecified atom stereocenters. The second-order valence-corrected chi connectivity index (χ2v) is 7.64. The number of halogens is 1. The van der Waals surface area contributed by atoms with Crippen LogP contribution >= 0.6 is 22.6 Å². The fourth-order valence-electron chi connectivity index (χ4n) is 3.18. The van der Waals surface area contributed by atoms with Crippen LogP contribution in [-0.2, 0) is 20.1 Å². The number of benzene rings is 2. The SMILES string of the molecule is Cn1c(=O)n(Cc2cccc(I)c2)c(=O)c2c1ncn2Cc1ccccc1. The molecule has 0 fully saturated rings. The predicted octanol–water partition coefficient (Wildman–Crippen LogP) is 2.60. The lowest BCUT2D eigenvalue weighted by Crippen LogP contribution is -2.40. The molecule has 27 heavy (non-hydrogen) atoms. The Morgan fingerprint density at radius 1 is 0.963 bits per heavy atom. The summed E-state index contributed by atoms with van der Waals surface area (Å²) in [6.07, 6.45) is 1.62. The van der Waals surface area contributed by atoms with Gasteiger partial charge in [-0.2, -0.15) is 0 Å². The molecule has 0 saturated heterocycles. The fourth-order valence-corrected chi connectivity index (χ4v) is 3.79. The third-order valence-electron chi connectivity index (χ3n) is 4.53. The molecule has 2 aromatic carbocycles. The summed E-state index contributed by atoms with van der Waals surface area (Å²) in [6, 6.07) is 17.6. The van der Waals surface area contributed by atoms with Crippen molar-refractivity contribution in [2.24, 2.45) is 7.05 Å². The van der Waals surface area contributed by atoms with Crippen LogP contribution in [0, 0.1) is 3.57 Å². The van der Waals surface area contributed by atoms with Crippen molar-refractivity contribution in [1.82, 2.24) is 18.7 Å². The number of aromatic nitrogens is 4. The van der Waals surface area contributed by atoms with Gasteiger partial charge in [-0.15, -0.1) is 0 Å². The van der Waals surface area contributed by atoms with Gasteiger partial charge >= 0.3 is 5.69 Å². The lowest BCUT2D eigenvalue weighted by molar-refractivity contribution is 0.653. The van der Waals surface area contributed by atoms with E-state index in [1.807, 2.05) is 54.6 Å². The van der Waals surface area contributed by atoms with Crippen LogP contribution in [0.1, 0.15) is 11.1 Å². The monoisotopic (exact) mass is 472 g/mol. The Bertz CT molecular complexity index is 1240. The molecule has 0 radical (unpaired) electrons. The molecule has 6 nitrogen and oxygen atoms in total. The number of rotatable bonds is 4. The van der Waals surface area contributed by atoms with Gasteiger partial charge in [0.2, 0.25) is 0 Å². The molecule has 0 aliphatic heterocycles. The lowest BCUT2D eigenvalue weighted by atomic mass is 10.2. The van der Waals surface area contributed by atoms with Gasteiger partial charge in [-0.25, -0.2) is 9.78 Å². The van der Waals surface area contributed by atoms with E-state index in [4.69, 9.17) is 0 Å². The normalized spacial score (nSPS) is 11.2. The van der Waals surface area contributed by atoms with E-state index >= 15 is 0 Å². The molecule has 2 heterocycles. The molecule has 4 rings (SSSR count). The maximum Gasteiger partial charge on any atom is 0.332 e. The zero-order valence-corrected chi connectivity index (χ0v) is 16.8. The van der Waals surface area contributed by atoms with Crippen molar-refractivity contribution in [2.45, 2.75) is 13.1 Å². The summed E-state index contributed by atoms with van der Waals surface area (Å²) in [6.45, 7) is 0.753. The number of hydrogen-bond donors (Lipinski definition) is 0. The van der Waals surface area contributed by atoms with E-state index in [1.54, 1.807) is 17.9 Å². The van der Waals surface area contributed by atoms with Crippen molar-refractivity contribution >= 4 is 33.8 Å². The minimum Gasteiger partial charge on any atom is -0.320 e. The second-order valence-electron chi connectivity index (χ2n) is 6.39. The van der Waals surface area contributed by atoms with Crippen LogP contribution in [0.15, 0.2) is 70.5 Å². The van der Waals surface area contributed by atoms with Gasteiger partial charge in [-0.05, 0) is 45.9 Å². The smallest absolute Gasteiger partial charge is 0.320 e. The van der Waals surface area contributed by atoms with Gasteiger partial charge in [0.1, 0.15) is 0 Å². The van der Waals surface area contributed by atoms with Crippen molar-refractivity contribution in [2.75, 3.05) is 0 Å². The minimum absolute atomic E-state index is 0.231. The molecule has 0 spiro atoms. The molecular weight excluding hydrogens is 455 g/mol. The van der Waals surface area contributed by atoms with E-state index in [0.29, 0.717) is 17.7 Å². The zero-order valence-electron chi connectivity index (χ0n) is 14.7. The van der Waals surface area contributed by atoms with Gasteiger partial charge < -0.3 is 4.57 Å². The highest BCUT2D eigenvalue weighted by molar-refractivity contribution is 14.1. The molecule has 0 saturated carbocycles. The van der Waals surface area contributed by atoms with Crippen LogP contribution in [0.5, 0.6) is 0 Å². The average molecular weight is 472 g/mol. The highest BCUT2D eigenvalue weighted by atomic mass is 127.